The Morgan fingerprint density at radius 1 is 1.00 bits per heavy atom. The van der Waals surface area contributed by atoms with Crippen molar-refractivity contribution in [3.8, 4) is 5.75 Å². The number of aromatic nitrogens is 1. The number of allylic oxidation sites excluding steroid dienone is 1. The van der Waals surface area contributed by atoms with E-state index in [-0.39, 0.29) is 11.3 Å². The van der Waals surface area contributed by atoms with E-state index in [1.54, 1.807) is 42.7 Å². The van der Waals surface area contributed by atoms with Crippen molar-refractivity contribution >= 4 is 23.0 Å². The molecule has 36 heavy (non-hydrogen) atoms. The Hall–Kier alpha value is -4.07. The molecule has 5 rings (SSSR count). The molecule has 184 valence electrons. The van der Waals surface area contributed by atoms with Crippen LogP contribution in [0.25, 0.3) is 11.1 Å². The SMILES string of the molecule is O=C1C(c2cccnc2)=C(c2cc(F)cc(F)c2)c2ccc(OCCC3CCN(C(=O)O)CC3)cc21. The first-order valence-corrected chi connectivity index (χ1v) is 11.8. The molecule has 1 aromatic heterocycles. The van der Waals surface area contributed by atoms with Gasteiger partial charge in [-0.05, 0) is 72.7 Å². The van der Waals surface area contributed by atoms with E-state index in [9.17, 15) is 18.4 Å². The van der Waals surface area contributed by atoms with Crippen LogP contribution in [0.3, 0.4) is 0 Å². The molecule has 1 fully saturated rings. The van der Waals surface area contributed by atoms with Crippen LogP contribution in [0.5, 0.6) is 5.75 Å². The van der Waals surface area contributed by atoms with E-state index in [2.05, 4.69) is 4.98 Å². The molecule has 2 aliphatic rings. The molecule has 0 radical (unpaired) electrons. The van der Waals surface area contributed by atoms with Crippen molar-refractivity contribution in [3.05, 3.63) is 94.8 Å². The largest absolute Gasteiger partial charge is 0.494 e. The molecule has 1 N–H and O–H groups in total. The average Bonchev–Trinajstić information content (AvgIpc) is 3.16. The van der Waals surface area contributed by atoms with E-state index in [0.717, 1.165) is 25.3 Å². The van der Waals surface area contributed by atoms with Crippen LogP contribution in [-0.4, -0.2) is 46.6 Å². The molecule has 0 atom stereocenters. The molecule has 1 aliphatic heterocycles. The Labute approximate surface area is 206 Å². The highest BCUT2D eigenvalue weighted by molar-refractivity contribution is 6.41. The zero-order valence-corrected chi connectivity index (χ0v) is 19.4. The van der Waals surface area contributed by atoms with Gasteiger partial charge >= 0.3 is 6.09 Å². The van der Waals surface area contributed by atoms with Gasteiger partial charge in [-0.2, -0.15) is 0 Å². The predicted molar refractivity (Wildman–Crippen MR) is 130 cm³/mol. The summed E-state index contributed by atoms with van der Waals surface area (Å²) in [6.45, 7) is 1.49. The van der Waals surface area contributed by atoms with Gasteiger partial charge < -0.3 is 14.7 Å². The van der Waals surface area contributed by atoms with E-state index in [1.807, 2.05) is 0 Å². The summed E-state index contributed by atoms with van der Waals surface area (Å²) in [4.78, 5) is 30.1. The number of nitrogens with zero attached hydrogens (tertiary/aromatic N) is 2. The van der Waals surface area contributed by atoms with Crippen molar-refractivity contribution in [2.75, 3.05) is 19.7 Å². The highest BCUT2D eigenvalue weighted by atomic mass is 19.1. The van der Waals surface area contributed by atoms with Crippen LogP contribution >= 0.6 is 0 Å². The third-order valence-corrected chi connectivity index (χ3v) is 6.76. The van der Waals surface area contributed by atoms with E-state index in [1.165, 1.54) is 17.0 Å². The van der Waals surface area contributed by atoms with Gasteiger partial charge in [-0.25, -0.2) is 13.6 Å². The molecule has 0 bridgehead atoms. The maximum atomic E-state index is 14.1. The van der Waals surface area contributed by atoms with E-state index in [4.69, 9.17) is 9.84 Å². The minimum absolute atomic E-state index is 0.260. The molecular weight excluding hydrogens is 466 g/mol. The molecule has 3 aromatic rings. The number of benzene rings is 2. The highest BCUT2D eigenvalue weighted by Gasteiger charge is 2.32. The Kier molecular flexibility index (Phi) is 6.50. The summed E-state index contributed by atoms with van der Waals surface area (Å²) < 4.78 is 34.1. The number of piperidine rings is 1. The Balaban J connectivity index is 1.38. The highest BCUT2D eigenvalue weighted by Crippen LogP contribution is 2.43. The van der Waals surface area contributed by atoms with Gasteiger partial charge in [-0.15, -0.1) is 0 Å². The molecule has 1 saturated heterocycles. The van der Waals surface area contributed by atoms with Crippen LogP contribution in [0.4, 0.5) is 13.6 Å². The topological polar surface area (TPSA) is 79.7 Å². The Morgan fingerprint density at radius 2 is 1.75 bits per heavy atom. The minimum Gasteiger partial charge on any atom is -0.494 e. The smallest absolute Gasteiger partial charge is 0.407 e. The molecule has 0 spiro atoms. The van der Waals surface area contributed by atoms with Crippen molar-refractivity contribution in [2.24, 2.45) is 5.92 Å². The number of carboxylic acid groups (broad SMARTS) is 1. The number of rotatable bonds is 6. The first kappa shape index (κ1) is 23.7. The van der Waals surface area contributed by atoms with Crippen molar-refractivity contribution in [1.29, 1.82) is 0 Å². The number of amides is 1. The molecule has 1 amide bonds. The summed E-state index contributed by atoms with van der Waals surface area (Å²) in [6, 6.07) is 11.9. The third kappa shape index (κ3) is 4.71. The van der Waals surface area contributed by atoms with E-state index >= 15 is 0 Å². The maximum Gasteiger partial charge on any atom is 0.407 e. The van der Waals surface area contributed by atoms with Gasteiger partial charge in [0.1, 0.15) is 17.4 Å². The third-order valence-electron chi connectivity index (χ3n) is 6.76. The second kappa shape index (κ2) is 9.89. The molecule has 0 unspecified atom stereocenters. The van der Waals surface area contributed by atoms with E-state index in [0.29, 0.717) is 59.2 Å². The van der Waals surface area contributed by atoms with Gasteiger partial charge in [0.2, 0.25) is 0 Å². The number of ether oxygens (including phenoxy) is 1. The fraction of sp³-hybridized carbons (Fsp3) is 0.250. The zero-order valence-electron chi connectivity index (χ0n) is 19.4. The van der Waals surface area contributed by atoms with Gasteiger partial charge in [-0.3, -0.25) is 9.78 Å². The van der Waals surface area contributed by atoms with Crippen LogP contribution in [0.15, 0.2) is 60.9 Å². The lowest BCUT2D eigenvalue weighted by Crippen LogP contribution is -2.37. The van der Waals surface area contributed by atoms with Crippen LogP contribution in [0.2, 0.25) is 0 Å². The number of Topliss-reactive ketones (excluding diaryl/α,β-unsaturated/α-hetero) is 1. The second-order valence-corrected chi connectivity index (χ2v) is 9.04. The standard InChI is InChI=1S/C28H24F2N2O4/c29-20-12-19(13-21(30)14-20)25-23-4-3-22(36-11-7-17-5-9-32(10-6-17)28(34)35)15-24(23)27(33)26(25)18-2-1-8-31-16-18/h1-4,8,12-17H,5-7,9-11H2,(H,34,35). The van der Waals surface area contributed by atoms with Gasteiger partial charge in [0, 0.05) is 53.8 Å². The number of hydrogen-bond acceptors (Lipinski definition) is 4. The number of hydrogen-bond donors (Lipinski definition) is 1. The summed E-state index contributed by atoms with van der Waals surface area (Å²) in [6.07, 6.45) is 4.64. The maximum absolute atomic E-state index is 14.1. The number of fused-ring (bicyclic) bond motifs is 1. The Morgan fingerprint density at radius 3 is 2.42 bits per heavy atom. The number of likely N-dealkylation sites (tertiary alicyclic amines) is 1. The summed E-state index contributed by atoms with van der Waals surface area (Å²) in [7, 11) is 0. The van der Waals surface area contributed by atoms with E-state index < -0.39 is 17.7 Å². The number of carbonyl (C=O) groups is 2. The zero-order chi connectivity index (χ0) is 25.2. The van der Waals surface area contributed by atoms with Gasteiger partial charge in [-0.1, -0.05) is 6.07 Å². The van der Waals surface area contributed by atoms with Gasteiger partial charge in [0.25, 0.3) is 0 Å². The Bertz CT molecular complexity index is 1330. The van der Waals surface area contributed by atoms with Crippen LogP contribution in [-0.2, 0) is 0 Å². The van der Waals surface area contributed by atoms with Crippen molar-refractivity contribution in [3.63, 3.8) is 0 Å². The lowest BCUT2D eigenvalue weighted by Gasteiger charge is -2.29. The molecule has 1 aliphatic carbocycles. The number of ketones is 1. The van der Waals surface area contributed by atoms with Crippen LogP contribution in [0, 0.1) is 17.6 Å². The minimum atomic E-state index is -0.882. The molecule has 8 heteroatoms. The van der Waals surface area contributed by atoms with Crippen molar-refractivity contribution in [2.45, 2.75) is 19.3 Å². The van der Waals surface area contributed by atoms with Crippen molar-refractivity contribution in [1.82, 2.24) is 9.88 Å². The first-order chi connectivity index (χ1) is 17.4. The average molecular weight is 491 g/mol. The predicted octanol–water partition coefficient (Wildman–Crippen LogP) is 5.67. The molecule has 6 nitrogen and oxygen atoms in total. The fourth-order valence-electron chi connectivity index (χ4n) is 4.94. The monoisotopic (exact) mass is 490 g/mol. The second-order valence-electron chi connectivity index (χ2n) is 9.04. The molecule has 0 saturated carbocycles. The summed E-state index contributed by atoms with van der Waals surface area (Å²) in [5.41, 5.74) is 2.62. The molecule has 2 aromatic carbocycles. The summed E-state index contributed by atoms with van der Waals surface area (Å²) >= 11 is 0. The fourth-order valence-corrected chi connectivity index (χ4v) is 4.94. The lowest BCUT2D eigenvalue weighted by molar-refractivity contribution is 0.105. The number of pyridine rings is 1. The quantitative estimate of drug-likeness (QED) is 0.481. The van der Waals surface area contributed by atoms with Gasteiger partial charge in [0.05, 0.1) is 6.61 Å². The summed E-state index contributed by atoms with van der Waals surface area (Å²) in [5.74, 6) is -0.799. The molecular formula is C28H24F2N2O4. The van der Waals surface area contributed by atoms with Gasteiger partial charge in [0.15, 0.2) is 5.78 Å². The summed E-state index contributed by atoms with van der Waals surface area (Å²) in [5, 5.41) is 9.09. The first-order valence-electron chi connectivity index (χ1n) is 11.8. The number of carbonyl (C=O) groups excluding carboxylic acids is 1. The van der Waals surface area contributed by atoms with Crippen LogP contribution < -0.4 is 4.74 Å². The van der Waals surface area contributed by atoms with Crippen molar-refractivity contribution < 1.29 is 28.2 Å². The normalized spacial score (nSPS) is 15.8. The molecule has 2 heterocycles. The van der Waals surface area contributed by atoms with Crippen LogP contribution in [0.1, 0.15) is 46.3 Å². The number of halogens is 2. The lowest BCUT2D eigenvalue weighted by atomic mass is 9.94.